The number of anilines is 1. The van der Waals surface area contributed by atoms with E-state index in [4.69, 9.17) is 0 Å². The Labute approximate surface area is 180 Å². The molecule has 1 aromatic heterocycles. The molecule has 168 valence electrons. The number of hydrogen-bond acceptors (Lipinski definition) is 5. The summed E-state index contributed by atoms with van der Waals surface area (Å²) < 4.78 is 13.1. The highest BCUT2D eigenvalue weighted by molar-refractivity contribution is 5.97. The zero-order chi connectivity index (χ0) is 22.0. The van der Waals surface area contributed by atoms with E-state index in [0.29, 0.717) is 36.8 Å². The number of amides is 3. The van der Waals surface area contributed by atoms with E-state index in [0.717, 1.165) is 44.7 Å². The zero-order valence-corrected chi connectivity index (χ0v) is 17.5. The number of aromatic nitrogens is 1. The number of hydroxylamine groups is 2. The van der Waals surface area contributed by atoms with Gasteiger partial charge in [0.1, 0.15) is 17.7 Å². The lowest BCUT2D eigenvalue weighted by Gasteiger charge is -2.30. The summed E-state index contributed by atoms with van der Waals surface area (Å²) in [5.41, 5.74) is -0.0185. The molecular formula is C22H29FN4O4. The maximum atomic E-state index is 13.5. The molecule has 0 aromatic carbocycles. The van der Waals surface area contributed by atoms with Crippen molar-refractivity contribution < 1.29 is 24.0 Å². The lowest BCUT2D eigenvalue weighted by atomic mass is 9.91. The second-order valence-electron chi connectivity index (χ2n) is 9.35. The normalized spacial score (nSPS) is 23.0. The van der Waals surface area contributed by atoms with Crippen molar-refractivity contribution in [3.8, 4) is 0 Å². The van der Waals surface area contributed by atoms with Gasteiger partial charge in [-0.05, 0) is 49.1 Å². The van der Waals surface area contributed by atoms with Crippen molar-refractivity contribution >= 4 is 24.0 Å². The van der Waals surface area contributed by atoms with Gasteiger partial charge in [0.15, 0.2) is 0 Å². The predicted octanol–water partition coefficient (Wildman–Crippen LogP) is 2.58. The first-order chi connectivity index (χ1) is 14.9. The fourth-order valence-electron chi connectivity index (χ4n) is 5.13. The van der Waals surface area contributed by atoms with Gasteiger partial charge in [-0.15, -0.1) is 0 Å². The Kier molecular flexibility index (Phi) is 6.22. The molecule has 0 unspecified atom stereocenters. The molecule has 3 aliphatic rings. The van der Waals surface area contributed by atoms with Crippen molar-refractivity contribution in [1.82, 2.24) is 14.9 Å². The molecule has 9 heteroatoms. The van der Waals surface area contributed by atoms with Gasteiger partial charge in [-0.1, -0.05) is 25.7 Å². The Morgan fingerprint density at radius 1 is 1.35 bits per heavy atom. The van der Waals surface area contributed by atoms with Crippen LogP contribution in [0.15, 0.2) is 18.3 Å². The van der Waals surface area contributed by atoms with Crippen molar-refractivity contribution in [2.75, 3.05) is 18.4 Å². The molecule has 1 aromatic rings. The molecule has 2 aliphatic carbocycles. The van der Waals surface area contributed by atoms with E-state index < -0.39 is 17.8 Å². The predicted molar refractivity (Wildman–Crippen MR) is 109 cm³/mol. The van der Waals surface area contributed by atoms with E-state index >= 15 is 0 Å². The Morgan fingerprint density at radius 3 is 2.71 bits per heavy atom. The van der Waals surface area contributed by atoms with Crippen LogP contribution in [0.3, 0.4) is 0 Å². The number of nitrogens with one attached hydrogen (secondary N) is 1. The number of pyridine rings is 1. The molecule has 8 nitrogen and oxygen atoms in total. The van der Waals surface area contributed by atoms with Gasteiger partial charge in [-0.2, -0.15) is 0 Å². The van der Waals surface area contributed by atoms with Crippen LogP contribution in [0.2, 0.25) is 0 Å². The minimum Gasteiger partial charge on any atom is -0.330 e. The fraction of sp³-hybridized carbons (Fsp3) is 0.636. The van der Waals surface area contributed by atoms with E-state index in [1.807, 2.05) is 0 Å². The van der Waals surface area contributed by atoms with Crippen LogP contribution >= 0.6 is 0 Å². The standard InChI is InChI=1S/C22H29FN4O4/c23-17-5-6-19(24-11-17)25-20(29)18-10-22(7-8-22)13-27(18)21(30)16(12-26(31)14-28)9-15-3-1-2-4-15/h5-6,11,14-16,18,31H,1-4,7-10,12-13H2,(H,24,25,29)/t16-,18+/m1/s1. The quantitative estimate of drug-likeness (QED) is 0.373. The number of likely N-dealkylation sites (tertiary alicyclic amines) is 1. The molecule has 2 heterocycles. The van der Waals surface area contributed by atoms with Gasteiger partial charge in [-0.25, -0.2) is 14.4 Å². The lowest BCUT2D eigenvalue weighted by Crippen LogP contribution is -2.48. The van der Waals surface area contributed by atoms with E-state index in [1.54, 1.807) is 4.90 Å². The number of carbonyl (C=O) groups excluding carboxylic acids is 3. The molecular weight excluding hydrogens is 403 g/mol. The Hall–Kier alpha value is -2.55. The van der Waals surface area contributed by atoms with Crippen LogP contribution in [-0.4, -0.2) is 57.5 Å². The van der Waals surface area contributed by atoms with Gasteiger partial charge >= 0.3 is 0 Å². The van der Waals surface area contributed by atoms with Crippen LogP contribution in [0.5, 0.6) is 0 Å². The highest BCUT2D eigenvalue weighted by Gasteiger charge is 2.55. The van der Waals surface area contributed by atoms with Crippen LogP contribution < -0.4 is 5.32 Å². The van der Waals surface area contributed by atoms with Crippen LogP contribution in [0.25, 0.3) is 0 Å². The van der Waals surface area contributed by atoms with Gasteiger partial charge in [0, 0.05) is 6.54 Å². The van der Waals surface area contributed by atoms with Crippen LogP contribution in [0.4, 0.5) is 10.2 Å². The summed E-state index contributed by atoms with van der Waals surface area (Å²) in [7, 11) is 0. The minimum absolute atomic E-state index is 0.0185. The van der Waals surface area contributed by atoms with Crippen molar-refractivity contribution in [2.24, 2.45) is 17.3 Å². The molecule has 4 rings (SSSR count). The fourth-order valence-corrected chi connectivity index (χ4v) is 5.13. The third-order valence-corrected chi connectivity index (χ3v) is 7.00. The first-order valence-corrected chi connectivity index (χ1v) is 11.0. The monoisotopic (exact) mass is 432 g/mol. The molecule has 3 amide bonds. The summed E-state index contributed by atoms with van der Waals surface area (Å²) in [5, 5.41) is 13.0. The number of halogens is 1. The average molecular weight is 432 g/mol. The molecule has 0 bridgehead atoms. The third-order valence-electron chi connectivity index (χ3n) is 7.00. The summed E-state index contributed by atoms with van der Waals surface area (Å²) in [4.78, 5) is 43.1. The van der Waals surface area contributed by atoms with Gasteiger partial charge in [-0.3, -0.25) is 19.6 Å². The highest BCUT2D eigenvalue weighted by atomic mass is 19.1. The van der Waals surface area contributed by atoms with Gasteiger partial charge in [0.05, 0.1) is 18.7 Å². The molecule has 2 N–H and O–H groups in total. The van der Waals surface area contributed by atoms with Crippen molar-refractivity contribution in [2.45, 2.75) is 57.4 Å². The lowest BCUT2D eigenvalue weighted by molar-refractivity contribution is -0.158. The molecule has 31 heavy (non-hydrogen) atoms. The Balaban J connectivity index is 1.50. The van der Waals surface area contributed by atoms with Gasteiger partial charge in [0.25, 0.3) is 0 Å². The second-order valence-corrected chi connectivity index (χ2v) is 9.35. The third kappa shape index (κ3) is 5.03. The molecule has 3 fully saturated rings. The zero-order valence-electron chi connectivity index (χ0n) is 17.5. The van der Waals surface area contributed by atoms with Gasteiger partial charge < -0.3 is 10.2 Å². The minimum atomic E-state index is -0.642. The topological polar surface area (TPSA) is 103 Å². The van der Waals surface area contributed by atoms with Crippen molar-refractivity contribution in [3.63, 3.8) is 0 Å². The molecule has 1 aliphatic heterocycles. The summed E-state index contributed by atoms with van der Waals surface area (Å²) in [5.74, 6) is -0.948. The van der Waals surface area contributed by atoms with E-state index in [1.165, 1.54) is 12.1 Å². The summed E-state index contributed by atoms with van der Waals surface area (Å²) in [6, 6.07) is 1.96. The largest absolute Gasteiger partial charge is 0.330 e. The second kappa shape index (κ2) is 8.90. The van der Waals surface area contributed by atoms with E-state index in [9.17, 15) is 24.0 Å². The highest BCUT2D eigenvalue weighted by Crippen LogP contribution is 2.55. The number of rotatable bonds is 8. The smallest absolute Gasteiger partial charge is 0.248 e. The summed E-state index contributed by atoms with van der Waals surface area (Å²) >= 11 is 0. The SMILES string of the molecule is O=CN(O)C[C@@H](CC1CCCC1)C(=O)N1CC2(CC2)C[C@H]1C(=O)Nc1ccc(F)cn1. The average Bonchev–Trinajstić information content (AvgIpc) is 3.13. The van der Waals surface area contributed by atoms with E-state index in [2.05, 4.69) is 10.3 Å². The summed E-state index contributed by atoms with van der Waals surface area (Å²) in [6.07, 6.45) is 8.82. The number of hydrogen-bond donors (Lipinski definition) is 2. The maximum Gasteiger partial charge on any atom is 0.248 e. The molecule has 1 spiro atoms. The first kappa shape index (κ1) is 21.7. The van der Waals surface area contributed by atoms with Crippen molar-refractivity contribution in [3.05, 3.63) is 24.1 Å². The maximum absolute atomic E-state index is 13.5. The molecule has 1 saturated heterocycles. The first-order valence-electron chi connectivity index (χ1n) is 11.0. The number of nitrogens with zero attached hydrogens (tertiary/aromatic N) is 3. The Bertz CT molecular complexity index is 823. The molecule has 0 radical (unpaired) electrons. The van der Waals surface area contributed by atoms with Gasteiger partial charge in [0.2, 0.25) is 18.2 Å². The van der Waals surface area contributed by atoms with Crippen molar-refractivity contribution in [1.29, 1.82) is 0 Å². The summed E-state index contributed by atoms with van der Waals surface area (Å²) in [6.45, 7) is 0.435. The van der Waals surface area contributed by atoms with Crippen LogP contribution in [0.1, 0.15) is 51.4 Å². The number of carbonyl (C=O) groups is 3. The van der Waals surface area contributed by atoms with Crippen LogP contribution in [0, 0.1) is 23.1 Å². The van der Waals surface area contributed by atoms with E-state index in [-0.39, 0.29) is 29.6 Å². The molecule has 2 atom stereocenters. The Morgan fingerprint density at radius 2 is 2.10 bits per heavy atom. The molecule has 2 saturated carbocycles. The van der Waals surface area contributed by atoms with Crippen LogP contribution in [-0.2, 0) is 14.4 Å².